The van der Waals surface area contributed by atoms with Crippen molar-refractivity contribution in [3.05, 3.63) is 0 Å². The fraction of sp³-hybridized carbons (Fsp3) is 0.800. The Morgan fingerprint density at radius 3 is 2.60 bits per heavy atom. The van der Waals surface area contributed by atoms with E-state index in [1.54, 1.807) is 0 Å². The topological polar surface area (TPSA) is 66.4 Å². The van der Waals surface area contributed by atoms with Gasteiger partial charge in [-0.3, -0.25) is 9.59 Å². The van der Waals surface area contributed by atoms with Crippen LogP contribution in [0.15, 0.2) is 0 Å². The van der Waals surface area contributed by atoms with Gasteiger partial charge in [0.1, 0.15) is 0 Å². The second-order valence-corrected chi connectivity index (χ2v) is 5.00. The van der Waals surface area contributed by atoms with Crippen molar-refractivity contribution in [3.63, 3.8) is 0 Å². The van der Waals surface area contributed by atoms with Gasteiger partial charge in [-0.25, -0.2) is 0 Å². The van der Waals surface area contributed by atoms with Crippen molar-refractivity contribution in [2.45, 2.75) is 26.2 Å². The zero-order valence-corrected chi connectivity index (χ0v) is 9.73. The summed E-state index contributed by atoms with van der Waals surface area (Å²) in [5, 5.41) is 11.4. The van der Waals surface area contributed by atoms with Crippen LogP contribution in [0.25, 0.3) is 0 Å². The Morgan fingerprint density at radius 1 is 1.47 bits per heavy atom. The third-order valence-electron chi connectivity index (χ3n) is 2.50. The van der Waals surface area contributed by atoms with Gasteiger partial charge < -0.3 is 10.4 Å². The average Bonchev–Trinajstić information content (AvgIpc) is 2.84. The lowest BCUT2D eigenvalue weighted by atomic mass is 10.1. The number of amides is 1. The minimum absolute atomic E-state index is 0.0109. The van der Waals surface area contributed by atoms with Crippen LogP contribution in [-0.4, -0.2) is 35.0 Å². The predicted octanol–water partition coefficient (Wildman–Crippen LogP) is 1.11. The number of rotatable bonds is 7. The van der Waals surface area contributed by atoms with Gasteiger partial charge in [-0.1, -0.05) is 0 Å². The quantitative estimate of drug-likeness (QED) is 0.689. The van der Waals surface area contributed by atoms with Crippen molar-refractivity contribution in [3.8, 4) is 0 Å². The van der Waals surface area contributed by atoms with Crippen LogP contribution in [0.4, 0.5) is 0 Å². The first-order chi connectivity index (χ1) is 7.08. The van der Waals surface area contributed by atoms with Gasteiger partial charge >= 0.3 is 5.97 Å². The summed E-state index contributed by atoms with van der Waals surface area (Å²) in [6.45, 7) is 2.54. The number of carboxylic acid groups (broad SMARTS) is 1. The third kappa shape index (κ3) is 4.55. The number of aliphatic carboxylic acids is 1. The maximum absolute atomic E-state index is 11.1. The van der Waals surface area contributed by atoms with Crippen LogP contribution >= 0.6 is 11.8 Å². The SMILES string of the molecule is CCNC(=O)CSCC1(CC(=O)O)CC1. The second kappa shape index (κ2) is 5.39. The van der Waals surface area contributed by atoms with E-state index in [2.05, 4.69) is 5.32 Å². The number of nitrogens with one attached hydrogen (secondary N) is 1. The molecule has 0 spiro atoms. The Morgan fingerprint density at radius 2 is 2.13 bits per heavy atom. The summed E-state index contributed by atoms with van der Waals surface area (Å²) in [6, 6.07) is 0. The standard InChI is InChI=1S/C10H17NO3S/c1-2-11-8(12)6-15-7-10(3-4-10)5-9(13)14/h2-7H2,1H3,(H,11,12)(H,13,14). The maximum atomic E-state index is 11.1. The Kier molecular flexibility index (Phi) is 4.45. The van der Waals surface area contributed by atoms with Crippen LogP contribution < -0.4 is 5.32 Å². The molecular weight excluding hydrogens is 214 g/mol. The summed E-state index contributed by atoms with van der Waals surface area (Å²) in [6.07, 6.45) is 2.22. The van der Waals surface area contributed by atoms with Crippen molar-refractivity contribution in [2.75, 3.05) is 18.1 Å². The molecule has 1 rings (SSSR count). The summed E-state index contributed by atoms with van der Waals surface area (Å²) in [5.74, 6) is 0.533. The molecule has 1 aliphatic rings. The molecule has 0 saturated heterocycles. The van der Waals surface area contributed by atoms with Gasteiger partial charge in [-0.05, 0) is 30.9 Å². The minimum atomic E-state index is -0.730. The van der Waals surface area contributed by atoms with Crippen molar-refractivity contribution in [1.29, 1.82) is 0 Å². The molecule has 1 saturated carbocycles. The highest BCUT2D eigenvalue weighted by molar-refractivity contribution is 7.99. The normalized spacial score (nSPS) is 17.1. The number of carbonyl (C=O) groups excluding carboxylic acids is 1. The summed E-state index contributed by atoms with van der Waals surface area (Å²) in [5.41, 5.74) is -0.0109. The number of carbonyl (C=O) groups is 2. The third-order valence-corrected chi connectivity index (χ3v) is 3.78. The van der Waals surface area contributed by atoms with Crippen LogP contribution in [0.1, 0.15) is 26.2 Å². The maximum Gasteiger partial charge on any atom is 0.303 e. The van der Waals surface area contributed by atoms with E-state index in [0.717, 1.165) is 18.6 Å². The van der Waals surface area contributed by atoms with Gasteiger partial charge in [-0.15, -0.1) is 0 Å². The fourth-order valence-electron chi connectivity index (χ4n) is 1.48. The van der Waals surface area contributed by atoms with Crippen LogP contribution in [0, 0.1) is 5.41 Å². The highest BCUT2D eigenvalue weighted by Crippen LogP contribution is 2.50. The minimum Gasteiger partial charge on any atom is -0.481 e. The van der Waals surface area contributed by atoms with Gasteiger partial charge in [0, 0.05) is 6.54 Å². The van der Waals surface area contributed by atoms with E-state index in [4.69, 9.17) is 5.11 Å². The smallest absolute Gasteiger partial charge is 0.303 e. The Hall–Kier alpha value is -0.710. The lowest BCUT2D eigenvalue weighted by Gasteiger charge is -2.11. The lowest BCUT2D eigenvalue weighted by Crippen LogP contribution is -2.25. The van der Waals surface area contributed by atoms with Crippen LogP contribution in [0.5, 0.6) is 0 Å². The first-order valence-electron chi connectivity index (χ1n) is 5.14. The Labute approximate surface area is 93.8 Å². The number of thioether (sulfide) groups is 1. The zero-order chi connectivity index (χ0) is 11.3. The largest absolute Gasteiger partial charge is 0.481 e. The predicted molar refractivity (Wildman–Crippen MR) is 59.9 cm³/mol. The summed E-state index contributed by atoms with van der Waals surface area (Å²) in [4.78, 5) is 21.7. The molecule has 15 heavy (non-hydrogen) atoms. The van der Waals surface area contributed by atoms with Crippen molar-refractivity contribution in [2.24, 2.45) is 5.41 Å². The monoisotopic (exact) mass is 231 g/mol. The van der Waals surface area contributed by atoms with Crippen molar-refractivity contribution < 1.29 is 14.7 Å². The molecule has 86 valence electrons. The molecule has 0 heterocycles. The second-order valence-electron chi connectivity index (χ2n) is 4.02. The van der Waals surface area contributed by atoms with E-state index in [-0.39, 0.29) is 17.7 Å². The molecule has 0 bridgehead atoms. The van der Waals surface area contributed by atoms with E-state index >= 15 is 0 Å². The Bertz CT molecular complexity index is 251. The molecule has 5 heteroatoms. The number of hydrogen-bond acceptors (Lipinski definition) is 3. The number of carboxylic acids is 1. The van der Waals surface area contributed by atoms with Crippen molar-refractivity contribution in [1.82, 2.24) is 5.32 Å². The van der Waals surface area contributed by atoms with Gasteiger partial charge in [0.25, 0.3) is 0 Å². The molecule has 1 aliphatic carbocycles. The molecule has 0 aromatic carbocycles. The average molecular weight is 231 g/mol. The number of hydrogen-bond donors (Lipinski definition) is 2. The lowest BCUT2D eigenvalue weighted by molar-refractivity contribution is -0.138. The van der Waals surface area contributed by atoms with Gasteiger partial charge in [0.05, 0.1) is 12.2 Å². The molecule has 0 radical (unpaired) electrons. The molecule has 1 amide bonds. The molecule has 0 aromatic heterocycles. The summed E-state index contributed by atoms with van der Waals surface area (Å²) < 4.78 is 0. The van der Waals surface area contributed by atoms with E-state index < -0.39 is 5.97 Å². The molecular formula is C10H17NO3S. The van der Waals surface area contributed by atoms with Gasteiger partial charge in [0.2, 0.25) is 5.91 Å². The van der Waals surface area contributed by atoms with E-state index in [0.29, 0.717) is 12.3 Å². The molecule has 0 atom stereocenters. The van der Waals surface area contributed by atoms with E-state index in [9.17, 15) is 9.59 Å². The molecule has 4 nitrogen and oxygen atoms in total. The van der Waals surface area contributed by atoms with Crippen molar-refractivity contribution >= 4 is 23.6 Å². The molecule has 2 N–H and O–H groups in total. The van der Waals surface area contributed by atoms with E-state index in [1.165, 1.54) is 11.8 Å². The molecule has 0 aliphatic heterocycles. The highest BCUT2D eigenvalue weighted by atomic mass is 32.2. The first kappa shape index (κ1) is 12.4. The zero-order valence-electron chi connectivity index (χ0n) is 8.91. The Balaban J connectivity index is 2.14. The summed E-state index contributed by atoms with van der Waals surface area (Å²) in [7, 11) is 0. The van der Waals surface area contributed by atoms with Crippen LogP contribution in [0.2, 0.25) is 0 Å². The van der Waals surface area contributed by atoms with Gasteiger partial charge in [-0.2, -0.15) is 11.8 Å². The first-order valence-corrected chi connectivity index (χ1v) is 6.30. The molecule has 0 unspecified atom stereocenters. The molecule has 1 fully saturated rings. The van der Waals surface area contributed by atoms with Crippen LogP contribution in [-0.2, 0) is 9.59 Å². The molecule has 0 aromatic rings. The fourth-order valence-corrected chi connectivity index (χ4v) is 2.69. The van der Waals surface area contributed by atoms with E-state index in [1.807, 2.05) is 6.92 Å². The highest BCUT2D eigenvalue weighted by Gasteiger charge is 2.44. The summed E-state index contributed by atoms with van der Waals surface area (Å²) >= 11 is 1.54. The van der Waals surface area contributed by atoms with Crippen LogP contribution in [0.3, 0.4) is 0 Å². The van der Waals surface area contributed by atoms with Gasteiger partial charge in [0.15, 0.2) is 0 Å².